The van der Waals surface area contributed by atoms with Crippen LogP contribution in [0, 0.1) is 5.92 Å². The zero-order chi connectivity index (χ0) is 23.7. The normalized spacial score (nSPS) is 23.3. The van der Waals surface area contributed by atoms with E-state index >= 15 is 0 Å². The van der Waals surface area contributed by atoms with E-state index in [0.717, 1.165) is 30.1 Å². The topological polar surface area (TPSA) is 45.8 Å². The van der Waals surface area contributed by atoms with Crippen molar-refractivity contribution in [3.05, 3.63) is 81.4 Å². The van der Waals surface area contributed by atoms with Crippen molar-refractivity contribution in [2.24, 2.45) is 10.9 Å². The molecule has 2 aromatic carbocycles. The van der Waals surface area contributed by atoms with Crippen molar-refractivity contribution >= 4 is 57.8 Å². The Labute approximate surface area is 213 Å². The molecular weight excluding hydrogens is 487 g/mol. The molecule has 7 heteroatoms. The van der Waals surface area contributed by atoms with Crippen LogP contribution in [0.15, 0.2) is 75.0 Å². The second kappa shape index (κ2) is 10.0. The van der Waals surface area contributed by atoms with Gasteiger partial charge in [-0.05, 0) is 66.9 Å². The van der Waals surface area contributed by atoms with E-state index in [0.29, 0.717) is 38.0 Å². The van der Waals surface area contributed by atoms with Gasteiger partial charge in [0.1, 0.15) is 11.5 Å². The van der Waals surface area contributed by atoms with Crippen LogP contribution >= 0.6 is 35.0 Å². The third kappa shape index (κ3) is 4.70. The summed E-state index contributed by atoms with van der Waals surface area (Å²) in [4.78, 5) is 21.0. The minimum Gasteiger partial charge on any atom is -0.457 e. The van der Waals surface area contributed by atoms with E-state index in [1.807, 2.05) is 59.5 Å². The smallest absolute Gasteiger partial charge is 0.267 e. The summed E-state index contributed by atoms with van der Waals surface area (Å²) in [5.41, 5.74) is 1.55. The molecule has 1 aliphatic carbocycles. The third-order valence-electron chi connectivity index (χ3n) is 6.33. The van der Waals surface area contributed by atoms with Crippen LogP contribution in [0.25, 0.3) is 17.4 Å². The fourth-order valence-corrected chi connectivity index (χ4v) is 5.97. The van der Waals surface area contributed by atoms with Gasteiger partial charge in [-0.25, -0.2) is 4.99 Å². The molecule has 0 radical (unpaired) electrons. The minimum atomic E-state index is -0.0165. The number of thioether (sulfide) groups is 1. The maximum Gasteiger partial charge on any atom is 0.267 e. The van der Waals surface area contributed by atoms with Gasteiger partial charge >= 0.3 is 0 Å². The summed E-state index contributed by atoms with van der Waals surface area (Å²) < 4.78 is 6.03. The van der Waals surface area contributed by atoms with Crippen molar-refractivity contribution in [1.82, 2.24) is 4.90 Å². The Balaban J connectivity index is 1.49. The molecule has 1 saturated carbocycles. The maximum absolute atomic E-state index is 13.6. The molecule has 2 fully saturated rings. The number of para-hydroxylation sites is 1. The summed E-state index contributed by atoms with van der Waals surface area (Å²) in [5.74, 6) is 1.60. The molecule has 1 aliphatic heterocycles. The molecule has 1 aromatic heterocycles. The van der Waals surface area contributed by atoms with E-state index in [1.165, 1.54) is 18.2 Å². The Kier molecular flexibility index (Phi) is 6.87. The minimum absolute atomic E-state index is 0.0165. The van der Waals surface area contributed by atoms with Crippen LogP contribution in [0.2, 0.25) is 10.0 Å². The first-order chi connectivity index (χ1) is 16.5. The van der Waals surface area contributed by atoms with Gasteiger partial charge in [0.2, 0.25) is 0 Å². The summed E-state index contributed by atoms with van der Waals surface area (Å²) >= 11 is 13.9. The number of hydrogen-bond acceptors (Lipinski definition) is 4. The number of amidine groups is 1. The van der Waals surface area contributed by atoms with Crippen LogP contribution in [0.4, 0.5) is 5.69 Å². The lowest BCUT2D eigenvalue weighted by Crippen LogP contribution is -2.44. The van der Waals surface area contributed by atoms with Crippen LogP contribution in [0.3, 0.4) is 0 Å². The SMILES string of the molecule is C[C@@H]1CCCC[C@H]1N1C(=O)/C(=C/c2ccc(-c3cccc(Cl)c3Cl)o2)SC1=Nc1ccccc1. The first kappa shape index (κ1) is 23.3. The highest BCUT2D eigenvalue weighted by molar-refractivity contribution is 8.18. The van der Waals surface area contributed by atoms with E-state index < -0.39 is 0 Å². The molecule has 0 bridgehead atoms. The molecule has 5 rings (SSSR count). The van der Waals surface area contributed by atoms with Crippen LogP contribution in [0.1, 0.15) is 38.4 Å². The number of halogens is 2. The number of rotatable bonds is 4. The van der Waals surface area contributed by atoms with E-state index in [-0.39, 0.29) is 11.9 Å². The predicted molar refractivity (Wildman–Crippen MR) is 142 cm³/mol. The van der Waals surface area contributed by atoms with E-state index in [2.05, 4.69) is 6.92 Å². The first-order valence-electron chi connectivity index (χ1n) is 11.4. The molecule has 1 saturated heterocycles. The lowest BCUT2D eigenvalue weighted by molar-refractivity contribution is -0.124. The van der Waals surface area contributed by atoms with Crippen LogP contribution in [0.5, 0.6) is 0 Å². The largest absolute Gasteiger partial charge is 0.457 e. The monoisotopic (exact) mass is 510 g/mol. The van der Waals surface area contributed by atoms with Gasteiger partial charge in [-0.1, -0.05) is 67.2 Å². The zero-order valence-electron chi connectivity index (χ0n) is 18.7. The van der Waals surface area contributed by atoms with Gasteiger partial charge in [-0.15, -0.1) is 0 Å². The Bertz CT molecular complexity index is 1270. The summed E-state index contributed by atoms with van der Waals surface area (Å²) in [5, 5.41) is 1.64. The van der Waals surface area contributed by atoms with E-state index in [9.17, 15) is 4.79 Å². The van der Waals surface area contributed by atoms with Crippen molar-refractivity contribution in [3.8, 4) is 11.3 Å². The molecule has 2 atom stereocenters. The van der Waals surface area contributed by atoms with Crippen molar-refractivity contribution in [1.29, 1.82) is 0 Å². The molecule has 2 heterocycles. The second-order valence-electron chi connectivity index (χ2n) is 8.65. The molecule has 2 aliphatic rings. The molecular formula is C27H24Cl2N2O2S. The molecule has 3 aromatic rings. The average Bonchev–Trinajstić information content (AvgIpc) is 3.42. The maximum atomic E-state index is 13.6. The Morgan fingerprint density at radius 1 is 1.03 bits per heavy atom. The van der Waals surface area contributed by atoms with E-state index in [1.54, 1.807) is 12.1 Å². The highest BCUT2D eigenvalue weighted by Gasteiger charge is 2.41. The number of carbonyl (C=O) groups excluding carboxylic acids is 1. The molecule has 0 spiro atoms. The summed E-state index contributed by atoms with van der Waals surface area (Å²) in [6.45, 7) is 2.23. The van der Waals surface area contributed by atoms with E-state index in [4.69, 9.17) is 32.6 Å². The Morgan fingerprint density at radius 3 is 2.62 bits per heavy atom. The van der Waals surface area contributed by atoms with Crippen LogP contribution < -0.4 is 0 Å². The lowest BCUT2D eigenvalue weighted by atomic mass is 9.85. The van der Waals surface area contributed by atoms with Gasteiger partial charge < -0.3 is 4.42 Å². The zero-order valence-corrected chi connectivity index (χ0v) is 21.0. The molecule has 1 amide bonds. The Morgan fingerprint density at radius 2 is 1.82 bits per heavy atom. The number of furan rings is 1. The van der Waals surface area contributed by atoms with Crippen molar-refractivity contribution in [2.75, 3.05) is 0 Å². The number of hydrogen-bond donors (Lipinski definition) is 0. The van der Waals surface area contributed by atoms with Crippen LogP contribution in [-0.4, -0.2) is 22.0 Å². The summed E-state index contributed by atoms with van der Waals surface area (Å²) in [6, 6.07) is 19.0. The van der Waals surface area contributed by atoms with Crippen molar-refractivity contribution in [3.63, 3.8) is 0 Å². The summed E-state index contributed by atoms with van der Waals surface area (Å²) in [7, 11) is 0. The predicted octanol–water partition coefficient (Wildman–Crippen LogP) is 8.44. The van der Waals surface area contributed by atoms with Crippen molar-refractivity contribution < 1.29 is 9.21 Å². The second-order valence-corrected chi connectivity index (χ2v) is 10.4. The first-order valence-corrected chi connectivity index (χ1v) is 13.0. The number of amides is 1. The lowest BCUT2D eigenvalue weighted by Gasteiger charge is -2.35. The highest BCUT2D eigenvalue weighted by Crippen LogP contribution is 2.41. The van der Waals surface area contributed by atoms with Gasteiger partial charge in [-0.3, -0.25) is 9.69 Å². The standard InChI is InChI=1S/C27H24Cl2N2O2S/c1-17-8-5-6-13-22(17)31-26(32)24(34-27(31)30-18-9-3-2-4-10-18)16-19-14-15-23(33-19)20-11-7-12-21(28)25(20)29/h2-4,7,9-12,14-17,22H,5-6,8,13H2,1H3/b24-16-,30-27?/t17-,22-/m1/s1. The van der Waals surface area contributed by atoms with Crippen molar-refractivity contribution in [2.45, 2.75) is 38.6 Å². The fraction of sp³-hybridized carbons (Fsp3) is 0.259. The quantitative estimate of drug-likeness (QED) is 0.330. The fourth-order valence-electron chi connectivity index (χ4n) is 4.55. The average molecular weight is 511 g/mol. The van der Waals surface area contributed by atoms with Gasteiger partial charge in [0.15, 0.2) is 5.17 Å². The highest BCUT2D eigenvalue weighted by atomic mass is 35.5. The molecule has 0 unspecified atom stereocenters. The van der Waals surface area contributed by atoms with Gasteiger partial charge in [0.05, 0.1) is 20.6 Å². The van der Waals surface area contributed by atoms with Gasteiger partial charge in [0.25, 0.3) is 5.91 Å². The number of benzene rings is 2. The van der Waals surface area contributed by atoms with Gasteiger partial charge in [-0.2, -0.15) is 0 Å². The van der Waals surface area contributed by atoms with Crippen LogP contribution in [-0.2, 0) is 4.79 Å². The number of nitrogens with zero attached hydrogens (tertiary/aromatic N) is 2. The summed E-state index contributed by atoms with van der Waals surface area (Å²) in [6.07, 6.45) is 6.25. The molecule has 4 nitrogen and oxygen atoms in total. The van der Waals surface area contributed by atoms with Gasteiger partial charge in [0, 0.05) is 17.7 Å². The Hall–Kier alpha value is -2.47. The third-order valence-corrected chi connectivity index (χ3v) is 8.13. The molecule has 174 valence electrons. The number of aliphatic imine (C=N–C) groups is 1. The number of carbonyl (C=O) groups is 1. The molecule has 0 N–H and O–H groups in total. The molecule has 34 heavy (non-hydrogen) atoms.